The molecule has 0 aromatic heterocycles. The molecule has 1 aliphatic heterocycles. The van der Waals surface area contributed by atoms with E-state index in [2.05, 4.69) is 31.3 Å². The van der Waals surface area contributed by atoms with Crippen LogP contribution in [0.4, 0.5) is 0 Å². The van der Waals surface area contributed by atoms with Crippen LogP contribution in [0.1, 0.15) is 51.0 Å². The van der Waals surface area contributed by atoms with Gasteiger partial charge in [-0.05, 0) is 49.3 Å². The summed E-state index contributed by atoms with van der Waals surface area (Å²) in [5.74, 6) is 2.00. The van der Waals surface area contributed by atoms with Gasteiger partial charge in [0.25, 0.3) is 0 Å². The molecule has 5 nitrogen and oxygen atoms in total. The fourth-order valence-corrected chi connectivity index (χ4v) is 3.39. The largest absolute Gasteiger partial charge is 0.492 e. The summed E-state index contributed by atoms with van der Waals surface area (Å²) in [4.78, 5) is 26.3. The molecule has 1 heterocycles. The van der Waals surface area contributed by atoms with Crippen molar-refractivity contribution < 1.29 is 14.3 Å². The summed E-state index contributed by atoms with van der Waals surface area (Å²) in [6.07, 6.45) is 3.61. The summed E-state index contributed by atoms with van der Waals surface area (Å²) in [6.45, 7) is 6.73. The number of hydrogen-bond acceptors (Lipinski definition) is 3. The second kappa shape index (κ2) is 8.56. The van der Waals surface area contributed by atoms with Gasteiger partial charge in [0, 0.05) is 24.9 Å². The second-order valence-electron chi connectivity index (χ2n) is 7.74. The van der Waals surface area contributed by atoms with Crippen molar-refractivity contribution in [2.75, 3.05) is 26.2 Å². The van der Waals surface area contributed by atoms with Crippen LogP contribution in [0.3, 0.4) is 0 Å². The van der Waals surface area contributed by atoms with E-state index in [4.69, 9.17) is 4.74 Å². The van der Waals surface area contributed by atoms with E-state index in [0.717, 1.165) is 31.4 Å². The third kappa shape index (κ3) is 4.99. The number of carbonyl (C=O) groups is 2. The zero-order valence-electron chi connectivity index (χ0n) is 15.9. The number of nitrogens with zero attached hydrogens (tertiary/aromatic N) is 1. The highest BCUT2D eigenvalue weighted by molar-refractivity contribution is 5.82. The molecule has 0 radical (unpaired) electrons. The van der Waals surface area contributed by atoms with Crippen LogP contribution in [0.25, 0.3) is 0 Å². The van der Waals surface area contributed by atoms with E-state index in [0.29, 0.717) is 38.1 Å². The van der Waals surface area contributed by atoms with Crippen molar-refractivity contribution >= 4 is 11.8 Å². The highest BCUT2D eigenvalue weighted by atomic mass is 16.5. The maximum Gasteiger partial charge on any atom is 0.225 e. The molecule has 0 bridgehead atoms. The monoisotopic (exact) mass is 358 g/mol. The minimum absolute atomic E-state index is 0.0172. The lowest BCUT2D eigenvalue weighted by Gasteiger charge is -2.31. The fraction of sp³-hybridized carbons (Fsp3) is 0.619. The molecular weight excluding hydrogens is 328 g/mol. The summed E-state index contributed by atoms with van der Waals surface area (Å²) in [5.41, 5.74) is 1.29. The predicted octanol–water partition coefficient (Wildman–Crippen LogP) is 2.95. The quantitative estimate of drug-likeness (QED) is 0.763. The topological polar surface area (TPSA) is 58.6 Å². The molecule has 1 saturated carbocycles. The van der Waals surface area contributed by atoms with Crippen LogP contribution in [-0.4, -0.2) is 43.0 Å². The Morgan fingerprint density at radius 1 is 1.08 bits per heavy atom. The number of piperidine rings is 1. The van der Waals surface area contributed by atoms with Crippen LogP contribution < -0.4 is 10.1 Å². The maximum absolute atomic E-state index is 12.3. The Bertz CT molecular complexity index is 615. The number of nitrogens with one attached hydrogen (secondary N) is 1. The minimum atomic E-state index is 0.0172. The highest BCUT2D eigenvalue weighted by Crippen LogP contribution is 2.32. The molecule has 1 saturated heterocycles. The van der Waals surface area contributed by atoms with E-state index < -0.39 is 0 Å². The summed E-state index contributed by atoms with van der Waals surface area (Å²) < 4.78 is 5.69. The standard InChI is InChI=1S/C21H30N2O3/c1-15(2)16-5-7-19(8-6-16)26-14-11-22-20(24)17-9-12-23(13-10-17)21(25)18-3-4-18/h5-8,15,17-18H,3-4,9-14H2,1-2H3,(H,22,24). The SMILES string of the molecule is CC(C)c1ccc(OCCNC(=O)C2CCN(C(=O)C3CC3)CC2)cc1. The average molecular weight is 358 g/mol. The van der Waals surface area contributed by atoms with Gasteiger partial charge in [0.05, 0.1) is 6.54 Å². The molecule has 0 spiro atoms. The summed E-state index contributed by atoms with van der Waals surface area (Å²) in [5, 5.41) is 2.96. The summed E-state index contributed by atoms with van der Waals surface area (Å²) in [7, 11) is 0. The first-order valence-corrected chi connectivity index (χ1v) is 9.84. The molecule has 26 heavy (non-hydrogen) atoms. The lowest BCUT2D eigenvalue weighted by Crippen LogP contribution is -2.44. The van der Waals surface area contributed by atoms with Crippen molar-refractivity contribution in [1.82, 2.24) is 10.2 Å². The third-order valence-corrected chi connectivity index (χ3v) is 5.32. The van der Waals surface area contributed by atoms with Crippen molar-refractivity contribution in [2.24, 2.45) is 11.8 Å². The molecular formula is C21H30N2O3. The van der Waals surface area contributed by atoms with Gasteiger partial charge in [0.15, 0.2) is 0 Å². The Balaban J connectivity index is 1.32. The number of ether oxygens (including phenoxy) is 1. The van der Waals surface area contributed by atoms with E-state index >= 15 is 0 Å². The molecule has 5 heteroatoms. The van der Waals surface area contributed by atoms with Crippen LogP contribution in [0, 0.1) is 11.8 Å². The smallest absolute Gasteiger partial charge is 0.225 e. The molecule has 0 atom stereocenters. The average Bonchev–Trinajstić information content (AvgIpc) is 3.50. The summed E-state index contributed by atoms with van der Waals surface area (Å²) in [6, 6.07) is 8.11. The normalized spacial score (nSPS) is 18.0. The van der Waals surface area contributed by atoms with Crippen molar-refractivity contribution in [3.63, 3.8) is 0 Å². The molecule has 1 aromatic rings. The van der Waals surface area contributed by atoms with E-state index in [9.17, 15) is 9.59 Å². The molecule has 3 rings (SSSR count). The van der Waals surface area contributed by atoms with Gasteiger partial charge in [-0.1, -0.05) is 26.0 Å². The first-order chi connectivity index (χ1) is 12.5. The Morgan fingerprint density at radius 3 is 2.31 bits per heavy atom. The van der Waals surface area contributed by atoms with E-state index in [1.165, 1.54) is 5.56 Å². The Morgan fingerprint density at radius 2 is 1.73 bits per heavy atom. The van der Waals surface area contributed by atoms with Gasteiger partial charge in [-0.15, -0.1) is 0 Å². The Labute approximate surface area is 156 Å². The molecule has 2 amide bonds. The van der Waals surface area contributed by atoms with Gasteiger partial charge >= 0.3 is 0 Å². The molecule has 2 aliphatic rings. The number of hydrogen-bond donors (Lipinski definition) is 1. The van der Waals surface area contributed by atoms with Crippen LogP contribution >= 0.6 is 0 Å². The molecule has 0 unspecified atom stereocenters. The third-order valence-electron chi connectivity index (χ3n) is 5.32. The van der Waals surface area contributed by atoms with Crippen LogP contribution in [0.5, 0.6) is 5.75 Å². The van der Waals surface area contributed by atoms with Gasteiger partial charge in [0.2, 0.25) is 11.8 Å². The lowest BCUT2D eigenvalue weighted by molar-refractivity contribution is -0.136. The molecule has 2 fully saturated rings. The van der Waals surface area contributed by atoms with Gasteiger partial charge < -0.3 is 15.0 Å². The minimum Gasteiger partial charge on any atom is -0.492 e. The van der Waals surface area contributed by atoms with Gasteiger partial charge in [0.1, 0.15) is 12.4 Å². The molecule has 1 aliphatic carbocycles. The van der Waals surface area contributed by atoms with Crippen molar-refractivity contribution in [3.05, 3.63) is 29.8 Å². The van der Waals surface area contributed by atoms with Crippen LogP contribution in [0.15, 0.2) is 24.3 Å². The first-order valence-electron chi connectivity index (χ1n) is 9.84. The van der Waals surface area contributed by atoms with E-state index in [-0.39, 0.29) is 17.7 Å². The first kappa shape index (κ1) is 18.7. The van der Waals surface area contributed by atoms with Crippen LogP contribution in [0.2, 0.25) is 0 Å². The van der Waals surface area contributed by atoms with Gasteiger partial charge in [-0.25, -0.2) is 0 Å². The van der Waals surface area contributed by atoms with Crippen LogP contribution in [-0.2, 0) is 9.59 Å². The van der Waals surface area contributed by atoms with E-state index in [1.54, 1.807) is 0 Å². The number of likely N-dealkylation sites (tertiary alicyclic amines) is 1. The fourth-order valence-electron chi connectivity index (χ4n) is 3.39. The summed E-state index contributed by atoms with van der Waals surface area (Å²) >= 11 is 0. The maximum atomic E-state index is 12.3. The zero-order valence-corrected chi connectivity index (χ0v) is 15.9. The Kier molecular flexibility index (Phi) is 6.17. The zero-order chi connectivity index (χ0) is 18.5. The second-order valence-corrected chi connectivity index (χ2v) is 7.74. The number of benzene rings is 1. The molecule has 1 aromatic carbocycles. The number of rotatable bonds is 7. The molecule has 1 N–H and O–H groups in total. The van der Waals surface area contributed by atoms with Crippen molar-refractivity contribution in [3.8, 4) is 5.75 Å². The predicted molar refractivity (Wildman–Crippen MR) is 101 cm³/mol. The number of amides is 2. The van der Waals surface area contributed by atoms with Crippen molar-refractivity contribution in [1.29, 1.82) is 0 Å². The van der Waals surface area contributed by atoms with Gasteiger partial charge in [-0.3, -0.25) is 9.59 Å². The number of carbonyl (C=O) groups excluding carboxylic acids is 2. The Hall–Kier alpha value is -2.04. The molecule has 142 valence electrons. The van der Waals surface area contributed by atoms with Crippen molar-refractivity contribution in [2.45, 2.75) is 45.4 Å². The highest BCUT2D eigenvalue weighted by Gasteiger charge is 2.35. The van der Waals surface area contributed by atoms with E-state index in [1.807, 2.05) is 17.0 Å². The lowest BCUT2D eigenvalue weighted by atomic mass is 9.95. The van der Waals surface area contributed by atoms with Gasteiger partial charge in [-0.2, -0.15) is 0 Å².